The second-order valence-corrected chi connectivity index (χ2v) is 10.5. The Bertz CT molecular complexity index is 937. The number of nitrogens with zero attached hydrogens (tertiary/aromatic N) is 3. The van der Waals surface area contributed by atoms with Gasteiger partial charge in [0.1, 0.15) is 11.6 Å². The van der Waals surface area contributed by atoms with Gasteiger partial charge in [-0.05, 0) is 37.7 Å². The third kappa shape index (κ3) is 6.42. The molecule has 0 unspecified atom stereocenters. The molecule has 9 heteroatoms. The molecule has 1 fully saturated rings. The topological polar surface area (TPSA) is 85.5 Å². The maximum Gasteiger partial charge on any atom is 0.324 e. The Labute approximate surface area is 177 Å². The minimum atomic E-state index is -3.27. The highest BCUT2D eigenvalue weighted by Gasteiger charge is 2.23. The number of rotatable bonds is 9. The van der Waals surface area contributed by atoms with E-state index in [1.165, 1.54) is 12.1 Å². The molecule has 0 saturated carbocycles. The molecule has 1 aliphatic heterocycles. The Kier molecular flexibility index (Phi) is 7.33. The summed E-state index contributed by atoms with van der Waals surface area (Å²) in [4.78, 5) is 6.61. The molecule has 1 aromatic heterocycles. The zero-order valence-corrected chi connectivity index (χ0v) is 18.6. The standard InChI is InChI=1S/C21H30FN3O4S/c1-15(2)20-23-21(29-24-20)25-10-8-16(9-11-25)5-4-12-28-18-7-6-17(19(22)13-18)14-30(3,26)27/h6-7,13,15-16H,4-5,8-12,14H2,1-3H3. The van der Waals surface area contributed by atoms with E-state index < -0.39 is 15.7 Å². The van der Waals surface area contributed by atoms with Crippen LogP contribution in [0.5, 0.6) is 5.75 Å². The predicted octanol–water partition coefficient (Wildman–Crippen LogP) is 3.95. The van der Waals surface area contributed by atoms with Crippen molar-refractivity contribution in [1.29, 1.82) is 0 Å². The molecule has 3 rings (SSSR count). The van der Waals surface area contributed by atoms with Gasteiger partial charge in [-0.1, -0.05) is 25.1 Å². The van der Waals surface area contributed by atoms with Gasteiger partial charge in [0.05, 0.1) is 12.4 Å². The lowest BCUT2D eigenvalue weighted by Gasteiger charge is -2.30. The summed E-state index contributed by atoms with van der Waals surface area (Å²) in [5.41, 5.74) is 0.165. The van der Waals surface area contributed by atoms with Gasteiger partial charge in [-0.25, -0.2) is 12.8 Å². The summed E-state index contributed by atoms with van der Waals surface area (Å²) < 4.78 is 47.7. The monoisotopic (exact) mass is 439 g/mol. The van der Waals surface area contributed by atoms with Crippen molar-refractivity contribution in [3.05, 3.63) is 35.4 Å². The van der Waals surface area contributed by atoms with Gasteiger partial charge in [0.2, 0.25) is 0 Å². The van der Waals surface area contributed by atoms with Crippen molar-refractivity contribution in [3.63, 3.8) is 0 Å². The fourth-order valence-electron chi connectivity index (χ4n) is 3.58. The maximum atomic E-state index is 14.0. The van der Waals surface area contributed by atoms with Crippen molar-refractivity contribution in [3.8, 4) is 5.75 Å². The Balaban J connectivity index is 1.38. The van der Waals surface area contributed by atoms with E-state index in [0.29, 0.717) is 24.3 Å². The molecule has 0 N–H and O–H groups in total. The van der Waals surface area contributed by atoms with Gasteiger partial charge in [-0.15, -0.1) is 0 Å². The quantitative estimate of drug-likeness (QED) is 0.547. The molecule has 7 nitrogen and oxygen atoms in total. The summed E-state index contributed by atoms with van der Waals surface area (Å²) in [6.45, 7) is 6.39. The first-order valence-electron chi connectivity index (χ1n) is 10.4. The first kappa shape index (κ1) is 22.5. The third-order valence-electron chi connectivity index (χ3n) is 5.30. The number of piperidine rings is 1. The molecule has 0 atom stereocenters. The fourth-order valence-corrected chi connectivity index (χ4v) is 4.38. The normalized spacial score (nSPS) is 15.7. The van der Waals surface area contributed by atoms with Crippen LogP contribution in [0.3, 0.4) is 0 Å². The van der Waals surface area contributed by atoms with Gasteiger partial charge in [0.15, 0.2) is 15.7 Å². The number of anilines is 1. The number of hydrogen-bond acceptors (Lipinski definition) is 7. The number of ether oxygens (including phenoxy) is 1. The molecule has 0 radical (unpaired) electrons. The molecule has 30 heavy (non-hydrogen) atoms. The summed E-state index contributed by atoms with van der Waals surface area (Å²) in [7, 11) is -3.27. The van der Waals surface area contributed by atoms with Gasteiger partial charge >= 0.3 is 6.01 Å². The van der Waals surface area contributed by atoms with Crippen molar-refractivity contribution < 1.29 is 22.1 Å². The van der Waals surface area contributed by atoms with Crippen molar-refractivity contribution in [2.75, 3.05) is 30.9 Å². The van der Waals surface area contributed by atoms with E-state index in [0.717, 1.165) is 50.9 Å². The van der Waals surface area contributed by atoms with Gasteiger partial charge in [-0.2, -0.15) is 4.98 Å². The van der Waals surface area contributed by atoms with E-state index in [4.69, 9.17) is 9.26 Å². The number of aromatic nitrogens is 2. The summed E-state index contributed by atoms with van der Waals surface area (Å²) in [6.07, 6.45) is 5.15. The molecular weight excluding hydrogens is 409 g/mol. The average Bonchev–Trinajstić information content (AvgIpc) is 3.17. The fraction of sp³-hybridized carbons (Fsp3) is 0.619. The van der Waals surface area contributed by atoms with E-state index in [1.807, 2.05) is 13.8 Å². The first-order valence-corrected chi connectivity index (χ1v) is 12.4. The molecule has 0 bridgehead atoms. The van der Waals surface area contributed by atoms with Gasteiger partial charge < -0.3 is 14.2 Å². The molecule has 1 saturated heterocycles. The Morgan fingerprint density at radius 3 is 2.63 bits per heavy atom. The summed E-state index contributed by atoms with van der Waals surface area (Å²) in [6, 6.07) is 4.97. The van der Waals surface area contributed by atoms with Crippen LogP contribution in [0.4, 0.5) is 10.4 Å². The Morgan fingerprint density at radius 1 is 1.30 bits per heavy atom. The summed E-state index contributed by atoms with van der Waals surface area (Å²) >= 11 is 0. The molecule has 0 spiro atoms. The number of hydrogen-bond donors (Lipinski definition) is 0. The van der Waals surface area contributed by atoms with Crippen molar-refractivity contribution in [2.45, 2.75) is 51.2 Å². The van der Waals surface area contributed by atoms with Crippen molar-refractivity contribution in [2.24, 2.45) is 5.92 Å². The Hall–Kier alpha value is -2.16. The van der Waals surface area contributed by atoms with E-state index in [1.54, 1.807) is 6.07 Å². The molecule has 0 aliphatic carbocycles. The summed E-state index contributed by atoms with van der Waals surface area (Å²) in [5, 5.41) is 4.03. The lowest BCUT2D eigenvalue weighted by molar-refractivity contribution is 0.275. The molecule has 1 aliphatic rings. The molecule has 0 amide bonds. The molecule has 1 aromatic carbocycles. The highest BCUT2D eigenvalue weighted by Crippen LogP contribution is 2.26. The average molecular weight is 440 g/mol. The van der Waals surface area contributed by atoms with E-state index >= 15 is 0 Å². The molecule has 2 aromatic rings. The second-order valence-electron chi connectivity index (χ2n) is 8.33. The molecule has 166 valence electrons. The zero-order chi connectivity index (χ0) is 21.7. The minimum Gasteiger partial charge on any atom is -0.493 e. The highest BCUT2D eigenvalue weighted by atomic mass is 32.2. The van der Waals surface area contributed by atoms with Crippen LogP contribution in [0.25, 0.3) is 0 Å². The lowest BCUT2D eigenvalue weighted by Crippen LogP contribution is -2.34. The third-order valence-corrected chi connectivity index (χ3v) is 6.14. The predicted molar refractivity (Wildman–Crippen MR) is 113 cm³/mol. The first-order chi connectivity index (χ1) is 14.2. The SMILES string of the molecule is CC(C)c1noc(N2CCC(CCCOc3ccc(CS(C)(=O)=O)c(F)c3)CC2)n1. The summed E-state index contributed by atoms with van der Waals surface area (Å²) in [5.74, 6) is 1.18. The van der Waals surface area contributed by atoms with Crippen LogP contribution in [0.2, 0.25) is 0 Å². The van der Waals surface area contributed by atoms with Gasteiger partial charge in [0.25, 0.3) is 0 Å². The minimum absolute atomic E-state index is 0.165. The van der Waals surface area contributed by atoms with Crippen LogP contribution in [0.15, 0.2) is 22.7 Å². The van der Waals surface area contributed by atoms with Crippen LogP contribution in [0.1, 0.15) is 56.8 Å². The van der Waals surface area contributed by atoms with Gasteiger partial charge in [-0.3, -0.25) is 0 Å². The van der Waals surface area contributed by atoms with E-state index in [9.17, 15) is 12.8 Å². The number of benzene rings is 1. The number of sulfone groups is 1. The Morgan fingerprint density at radius 2 is 2.03 bits per heavy atom. The van der Waals surface area contributed by atoms with Crippen LogP contribution in [-0.4, -0.2) is 44.5 Å². The van der Waals surface area contributed by atoms with Crippen LogP contribution < -0.4 is 9.64 Å². The lowest BCUT2D eigenvalue weighted by atomic mass is 9.92. The molecular formula is C21H30FN3O4S. The second kappa shape index (κ2) is 9.76. The van der Waals surface area contributed by atoms with Crippen LogP contribution in [0, 0.1) is 11.7 Å². The van der Waals surface area contributed by atoms with E-state index in [2.05, 4.69) is 15.0 Å². The van der Waals surface area contributed by atoms with Gasteiger partial charge in [0, 0.05) is 36.9 Å². The number of halogens is 1. The van der Waals surface area contributed by atoms with Crippen molar-refractivity contribution in [1.82, 2.24) is 10.1 Å². The smallest absolute Gasteiger partial charge is 0.324 e. The zero-order valence-electron chi connectivity index (χ0n) is 17.8. The van der Waals surface area contributed by atoms with Crippen LogP contribution >= 0.6 is 0 Å². The van der Waals surface area contributed by atoms with E-state index in [-0.39, 0.29) is 17.2 Å². The van der Waals surface area contributed by atoms with Crippen molar-refractivity contribution >= 4 is 15.9 Å². The van der Waals surface area contributed by atoms with Crippen LogP contribution in [-0.2, 0) is 15.6 Å². The highest BCUT2D eigenvalue weighted by molar-refractivity contribution is 7.89. The largest absolute Gasteiger partial charge is 0.493 e. The molecule has 2 heterocycles. The maximum absolute atomic E-state index is 14.0.